The highest BCUT2D eigenvalue weighted by molar-refractivity contribution is 5.80. The van der Waals surface area contributed by atoms with Crippen LogP contribution in [0.5, 0.6) is 0 Å². The van der Waals surface area contributed by atoms with E-state index in [4.69, 9.17) is 4.74 Å². The van der Waals surface area contributed by atoms with Gasteiger partial charge >= 0.3 is 5.97 Å². The highest BCUT2D eigenvalue weighted by Gasteiger charge is 2.33. The number of hydrogen-bond acceptors (Lipinski definition) is 4. The fraction of sp³-hybridized carbons (Fsp3) is 0.467. The number of rotatable bonds is 6. The summed E-state index contributed by atoms with van der Waals surface area (Å²) in [4.78, 5) is 11.9. The number of nitrogens with zero attached hydrogens (tertiary/aromatic N) is 2. The van der Waals surface area contributed by atoms with Crippen LogP contribution in [-0.2, 0) is 16.1 Å². The Hall–Kier alpha value is -1.88. The molecule has 1 atom stereocenters. The summed E-state index contributed by atoms with van der Waals surface area (Å²) < 4.78 is 6.82. The molecule has 1 N–H and O–H groups in total. The van der Waals surface area contributed by atoms with Gasteiger partial charge in [0, 0.05) is 11.9 Å². The van der Waals surface area contributed by atoms with Crippen molar-refractivity contribution in [3.8, 4) is 0 Å². The molecule has 5 nitrogen and oxygen atoms in total. The maximum Gasteiger partial charge on any atom is 0.325 e. The molecule has 0 spiro atoms. The van der Waals surface area contributed by atoms with Gasteiger partial charge in [0.2, 0.25) is 0 Å². The molecular formula is C15H21N3O2. The third-order valence-electron chi connectivity index (χ3n) is 3.58. The van der Waals surface area contributed by atoms with E-state index in [2.05, 4.69) is 10.4 Å². The van der Waals surface area contributed by atoms with E-state index >= 15 is 0 Å². The zero-order chi connectivity index (χ0) is 14.6. The molecule has 1 aromatic heterocycles. The summed E-state index contributed by atoms with van der Waals surface area (Å²) in [6.07, 6.45) is 2.47. The number of methoxy groups -OCH3 is 1. The van der Waals surface area contributed by atoms with Crippen molar-refractivity contribution in [2.24, 2.45) is 0 Å². The summed E-state index contributed by atoms with van der Waals surface area (Å²) >= 11 is 0. The number of benzene rings is 1. The number of aromatic nitrogens is 2. The normalized spacial score (nSPS) is 14.2. The van der Waals surface area contributed by atoms with Gasteiger partial charge in [-0.25, -0.2) is 0 Å². The highest BCUT2D eigenvalue weighted by Crippen LogP contribution is 2.17. The summed E-state index contributed by atoms with van der Waals surface area (Å²) in [6, 6.07) is 8.05. The molecule has 2 aromatic rings. The summed E-state index contributed by atoms with van der Waals surface area (Å²) in [6.45, 7) is 5.22. The number of carbonyl (C=O) groups is 1. The second-order valence-corrected chi connectivity index (χ2v) is 5.03. The molecule has 0 aliphatic heterocycles. The average molecular weight is 275 g/mol. The number of nitrogens with one attached hydrogen (secondary N) is 1. The van der Waals surface area contributed by atoms with Crippen LogP contribution in [0.4, 0.5) is 0 Å². The van der Waals surface area contributed by atoms with E-state index < -0.39 is 5.54 Å². The Bertz CT molecular complexity index is 594. The van der Waals surface area contributed by atoms with E-state index in [1.54, 1.807) is 0 Å². The second kappa shape index (κ2) is 6.05. The maximum atomic E-state index is 11.9. The van der Waals surface area contributed by atoms with E-state index in [1.807, 2.05) is 49.0 Å². The Morgan fingerprint density at radius 3 is 2.90 bits per heavy atom. The van der Waals surface area contributed by atoms with Crippen LogP contribution in [0, 0.1) is 0 Å². The van der Waals surface area contributed by atoms with Crippen molar-refractivity contribution in [2.45, 2.75) is 32.4 Å². The van der Waals surface area contributed by atoms with Crippen LogP contribution in [-0.4, -0.2) is 34.9 Å². The van der Waals surface area contributed by atoms with Gasteiger partial charge in [-0.3, -0.25) is 9.48 Å². The minimum absolute atomic E-state index is 0.240. The molecule has 2 rings (SSSR count). The molecular weight excluding hydrogens is 254 g/mol. The van der Waals surface area contributed by atoms with Crippen molar-refractivity contribution in [1.29, 1.82) is 0 Å². The van der Waals surface area contributed by atoms with Crippen LogP contribution in [0.1, 0.15) is 20.3 Å². The van der Waals surface area contributed by atoms with Gasteiger partial charge in [-0.05, 0) is 26.0 Å². The summed E-state index contributed by atoms with van der Waals surface area (Å²) in [5.74, 6) is -0.240. The first kappa shape index (κ1) is 14.5. The first-order chi connectivity index (χ1) is 9.60. The van der Waals surface area contributed by atoms with Gasteiger partial charge in [0.15, 0.2) is 0 Å². The molecule has 1 aromatic carbocycles. The zero-order valence-corrected chi connectivity index (χ0v) is 12.2. The molecule has 108 valence electrons. The Labute approximate surface area is 118 Å². The van der Waals surface area contributed by atoms with Crippen molar-refractivity contribution in [1.82, 2.24) is 15.1 Å². The Balaban J connectivity index is 2.15. The molecule has 0 aliphatic rings. The van der Waals surface area contributed by atoms with Crippen LogP contribution < -0.4 is 5.32 Å². The first-order valence-corrected chi connectivity index (χ1v) is 6.84. The van der Waals surface area contributed by atoms with Crippen molar-refractivity contribution >= 4 is 16.9 Å². The molecule has 0 amide bonds. The van der Waals surface area contributed by atoms with Crippen LogP contribution in [0.25, 0.3) is 10.9 Å². The van der Waals surface area contributed by atoms with Crippen molar-refractivity contribution in [3.05, 3.63) is 30.5 Å². The van der Waals surface area contributed by atoms with Crippen LogP contribution in [0.2, 0.25) is 0 Å². The highest BCUT2D eigenvalue weighted by atomic mass is 16.5. The second-order valence-electron chi connectivity index (χ2n) is 5.03. The standard InChI is InChI=1S/C15H21N3O2/c1-4-16-15(2,14(19)20-3)9-10-18-13-8-6-5-7-12(13)11-17-18/h5-8,11,16H,4,9-10H2,1-3H3. The zero-order valence-electron chi connectivity index (χ0n) is 12.2. The molecule has 1 heterocycles. The van der Waals surface area contributed by atoms with Crippen LogP contribution in [0.3, 0.4) is 0 Å². The molecule has 5 heteroatoms. The van der Waals surface area contributed by atoms with Gasteiger partial charge in [-0.1, -0.05) is 25.1 Å². The monoisotopic (exact) mass is 275 g/mol. The van der Waals surface area contributed by atoms with Crippen molar-refractivity contribution in [3.63, 3.8) is 0 Å². The van der Waals surface area contributed by atoms with Gasteiger partial charge in [0.25, 0.3) is 0 Å². The summed E-state index contributed by atoms with van der Waals surface area (Å²) in [5.41, 5.74) is 0.396. The minimum Gasteiger partial charge on any atom is -0.468 e. The van der Waals surface area contributed by atoms with Crippen LogP contribution >= 0.6 is 0 Å². The largest absolute Gasteiger partial charge is 0.468 e. The number of ether oxygens (including phenoxy) is 1. The maximum absolute atomic E-state index is 11.9. The van der Waals surface area contributed by atoms with E-state index in [0.29, 0.717) is 19.5 Å². The Morgan fingerprint density at radius 1 is 1.45 bits per heavy atom. The molecule has 0 fully saturated rings. The third-order valence-corrected chi connectivity index (χ3v) is 3.58. The first-order valence-electron chi connectivity index (χ1n) is 6.84. The fourth-order valence-electron chi connectivity index (χ4n) is 2.41. The lowest BCUT2D eigenvalue weighted by Crippen LogP contribution is -2.50. The van der Waals surface area contributed by atoms with Gasteiger partial charge in [-0.2, -0.15) is 5.10 Å². The van der Waals surface area contributed by atoms with Crippen LogP contribution in [0.15, 0.2) is 30.5 Å². The van der Waals surface area contributed by atoms with E-state index in [1.165, 1.54) is 7.11 Å². The quantitative estimate of drug-likeness (QED) is 0.819. The van der Waals surface area contributed by atoms with E-state index in [0.717, 1.165) is 10.9 Å². The molecule has 1 unspecified atom stereocenters. The smallest absolute Gasteiger partial charge is 0.325 e. The third kappa shape index (κ3) is 2.82. The van der Waals surface area contributed by atoms with Gasteiger partial charge in [0.05, 0.1) is 18.8 Å². The summed E-state index contributed by atoms with van der Waals surface area (Å²) in [7, 11) is 1.42. The fourth-order valence-corrected chi connectivity index (χ4v) is 2.41. The molecule has 0 saturated carbocycles. The summed E-state index contributed by atoms with van der Waals surface area (Å²) in [5, 5.41) is 8.69. The number of aryl methyl sites for hydroxylation is 1. The van der Waals surface area contributed by atoms with Gasteiger partial charge in [-0.15, -0.1) is 0 Å². The molecule has 0 aliphatic carbocycles. The predicted molar refractivity (Wildman–Crippen MR) is 78.4 cm³/mol. The average Bonchev–Trinajstić information content (AvgIpc) is 2.88. The van der Waals surface area contributed by atoms with Crippen molar-refractivity contribution < 1.29 is 9.53 Å². The Morgan fingerprint density at radius 2 is 2.20 bits per heavy atom. The lowest BCUT2D eigenvalue weighted by Gasteiger charge is -2.27. The SMILES string of the molecule is CCNC(C)(CCn1ncc2ccccc21)C(=O)OC. The number of fused-ring (bicyclic) bond motifs is 1. The predicted octanol–water partition coefficient (Wildman–Crippen LogP) is 1.97. The number of likely N-dealkylation sites (N-methyl/N-ethyl adjacent to an activating group) is 1. The lowest BCUT2D eigenvalue weighted by molar-refractivity contribution is -0.148. The minimum atomic E-state index is -0.684. The molecule has 0 bridgehead atoms. The molecule has 0 saturated heterocycles. The van der Waals surface area contributed by atoms with E-state index in [-0.39, 0.29) is 5.97 Å². The Kier molecular flexibility index (Phi) is 4.39. The van der Waals surface area contributed by atoms with Gasteiger partial charge < -0.3 is 10.1 Å². The number of esters is 1. The molecule has 0 radical (unpaired) electrons. The van der Waals surface area contributed by atoms with Crippen molar-refractivity contribution in [2.75, 3.05) is 13.7 Å². The van der Waals surface area contributed by atoms with E-state index in [9.17, 15) is 4.79 Å². The number of hydrogen-bond donors (Lipinski definition) is 1. The van der Waals surface area contributed by atoms with Gasteiger partial charge in [0.1, 0.15) is 5.54 Å². The topological polar surface area (TPSA) is 56.2 Å². The molecule has 20 heavy (non-hydrogen) atoms. The number of carbonyl (C=O) groups excluding carboxylic acids is 1. The lowest BCUT2D eigenvalue weighted by atomic mass is 9.98. The number of para-hydroxylation sites is 1.